The maximum absolute atomic E-state index is 12.3. The van der Waals surface area contributed by atoms with E-state index in [1.54, 1.807) is 36.5 Å². The molecule has 3 aromatic rings. The van der Waals surface area contributed by atoms with Crippen LogP contribution in [0.2, 0.25) is 0 Å². The normalized spacial score (nSPS) is 10.4. The first kappa shape index (κ1) is 16.2. The van der Waals surface area contributed by atoms with Crippen molar-refractivity contribution in [3.05, 3.63) is 65.7 Å². The molecule has 0 bridgehead atoms. The largest absolute Gasteiger partial charge is 0.364 e. The van der Waals surface area contributed by atoms with Gasteiger partial charge in [-0.05, 0) is 36.8 Å². The number of carbonyl (C=O) groups excluding carboxylic acids is 2. The molecule has 0 spiro atoms. The highest BCUT2D eigenvalue weighted by Gasteiger charge is 2.17. The molecule has 2 amide bonds. The molecule has 0 aliphatic rings. The van der Waals surface area contributed by atoms with Gasteiger partial charge in [-0.1, -0.05) is 12.1 Å². The molecule has 0 saturated heterocycles. The van der Waals surface area contributed by atoms with E-state index in [-0.39, 0.29) is 11.6 Å². The second kappa shape index (κ2) is 6.44. The Balaban J connectivity index is 1.83. The van der Waals surface area contributed by atoms with Gasteiger partial charge in [0, 0.05) is 17.3 Å². The molecule has 126 valence electrons. The molecule has 3 rings (SSSR count). The molecule has 0 aliphatic carbocycles. The Labute approximate surface area is 143 Å². The molecular weight excluding hydrogens is 320 g/mol. The van der Waals surface area contributed by atoms with Gasteiger partial charge >= 0.3 is 0 Å². The number of aryl methyl sites for hydroxylation is 1. The van der Waals surface area contributed by atoms with Crippen LogP contribution in [0.5, 0.6) is 0 Å². The number of nitrogen functional groups attached to an aromatic ring is 1. The SMILES string of the molecule is Cc1ccnc(NC(=O)c2ccc(-c3ncn(N)c3C(N)=O)cc2)c1. The lowest BCUT2D eigenvalue weighted by molar-refractivity contribution is 0.0991. The molecule has 0 fully saturated rings. The van der Waals surface area contributed by atoms with Crippen LogP contribution in [0, 0.1) is 6.92 Å². The summed E-state index contributed by atoms with van der Waals surface area (Å²) in [7, 11) is 0. The first-order valence-electron chi connectivity index (χ1n) is 7.42. The molecule has 0 saturated carbocycles. The molecule has 1 aromatic carbocycles. The average Bonchev–Trinajstić information content (AvgIpc) is 2.97. The number of primary amides is 1. The molecule has 0 radical (unpaired) electrons. The number of nitrogens with zero attached hydrogens (tertiary/aromatic N) is 3. The van der Waals surface area contributed by atoms with Crippen LogP contribution in [0.4, 0.5) is 5.82 Å². The quantitative estimate of drug-likeness (QED) is 0.619. The van der Waals surface area contributed by atoms with Crippen molar-refractivity contribution < 1.29 is 9.59 Å². The van der Waals surface area contributed by atoms with Crippen molar-refractivity contribution in [1.29, 1.82) is 0 Å². The summed E-state index contributed by atoms with van der Waals surface area (Å²) in [6.07, 6.45) is 2.93. The minimum atomic E-state index is -0.678. The van der Waals surface area contributed by atoms with E-state index in [2.05, 4.69) is 15.3 Å². The number of nitrogens with one attached hydrogen (secondary N) is 1. The average molecular weight is 336 g/mol. The number of amides is 2. The van der Waals surface area contributed by atoms with Gasteiger partial charge < -0.3 is 16.9 Å². The molecular formula is C17H16N6O2. The molecule has 0 unspecified atom stereocenters. The van der Waals surface area contributed by atoms with Crippen LogP contribution in [0.25, 0.3) is 11.3 Å². The first-order chi connectivity index (χ1) is 12.0. The van der Waals surface area contributed by atoms with E-state index in [0.717, 1.165) is 10.2 Å². The maximum atomic E-state index is 12.3. The second-order valence-corrected chi connectivity index (χ2v) is 5.46. The Morgan fingerprint density at radius 1 is 1.12 bits per heavy atom. The number of nitrogens with two attached hydrogens (primary N) is 2. The predicted molar refractivity (Wildman–Crippen MR) is 93.3 cm³/mol. The zero-order chi connectivity index (χ0) is 18.0. The van der Waals surface area contributed by atoms with Crippen LogP contribution in [0.15, 0.2) is 48.9 Å². The lowest BCUT2D eigenvalue weighted by Gasteiger charge is -2.06. The predicted octanol–water partition coefficient (Wildman–Crippen LogP) is 1.32. The Kier molecular flexibility index (Phi) is 4.17. The summed E-state index contributed by atoms with van der Waals surface area (Å²) in [5.74, 6) is 5.15. The number of anilines is 1. The van der Waals surface area contributed by atoms with E-state index in [1.165, 1.54) is 6.33 Å². The number of pyridine rings is 1. The fourth-order valence-corrected chi connectivity index (χ4v) is 2.39. The number of carbonyl (C=O) groups is 2. The van der Waals surface area contributed by atoms with Gasteiger partial charge in [0.25, 0.3) is 11.8 Å². The molecule has 0 aliphatic heterocycles. The lowest BCUT2D eigenvalue weighted by atomic mass is 10.1. The van der Waals surface area contributed by atoms with E-state index >= 15 is 0 Å². The van der Waals surface area contributed by atoms with Gasteiger partial charge in [0.2, 0.25) is 0 Å². The molecule has 2 heterocycles. The van der Waals surface area contributed by atoms with Crippen LogP contribution in [-0.2, 0) is 0 Å². The van der Waals surface area contributed by atoms with E-state index in [1.807, 2.05) is 13.0 Å². The highest BCUT2D eigenvalue weighted by Crippen LogP contribution is 2.22. The first-order valence-corrected chi connectivity index (χ1v) is 7.42. The van der Waals surface area contributed by atoms with Crippen molar-refractivity contribution in [3.63, 3.8) is 0 Å². The van der Waals surface area contributed by atoms with E-state index in [0.29, 0.717) is 22.6 Å². The van der Waals surface area contributed by atoms with Gasteiger partial charge in [-0.15, -0.1) is 0 Å². The van der Waals surface area contributed by atoms with Gasteiger partial charge in [-0.3, -0.25) is 9.59 Å². The number of hydrogen-bond acceptors (Lipinski definition) is 5. The van der Waals surface area contributed by atoms with Crippen molar-refractivity contribution in [2.45, 2.75) is 6.92 Å². The van der Waals surface area contributed by atoms with Gasteiger partial charge in [0.15, 0.2) is 5.69 Å². The molecule has 8 nitrogen and oxygen atoms in total. The molecule has 8 heteroatoms. The highest BCUT2D eigenvalue weighted by atomic mass is 16.2. The number of imidazole rings is 1. The summed E-state index contributed by atoms with van der Waals surface area (Å²) < 4.78 is 1.07. The zero-order valence-corrected chi connectivity index (χ0v) is 13.4. The minimum absolute atomic E-state index is 0.0983. The summed E-state index contributed by atoms with van der Waals surface area (Å²) in [5, 5.41) is 2.73. The molecule has 2 aromatic heterocycles. The van der Waals surface area contributed by atoms with Crippen molar-refractivity contribution in [3.8, 4) is 11.3 Å². The second-order valence-electron chi connectivity index (χ2n) is 5.46. The number of benzene rings is 1. The monoisotopic (exact) mass is 336 g/mol. The topological polar surface area (TPSA) is 129 Å². The summed E-state index contributed by atoms with van der Waals surface area (Å²) in [5.41, 5.74) is 7.85. The third kappa shape index (κ3) is 3.32. The van der Waals surface area contributed by atoms with Crippen LogP contribution in [0.3, 0.4) is 0 Å². The number of rotatable bonds is 4. The summed E-state index contributed by atoms with van der Waals surface area (Å²) in [4.78, 5) is 32.0. The fourth-order valence-electron chi connectivity index (χ4n) is 2.39. The molecule has 0 atom stereocenters. The summed E-state index contributed by atoms with van der Waals surface area (Å²) in [6.45, 7) is 1.92. The van der Waals surface area contributed by atoms with Gasteiger partial charge in [0.05, 0.1) is 0 Å². The number of aromatic nitrogens is 3. The minimum Gasteiger partial charge on any atom is -0.364 e. The fraction of sp³-hybridized carbons (Fsp3) is 0.0588. The third-order valence-corrected chi connectivity index (χ3v) is 3.60. The van der Waals surface area contributed by atoms with Crippen molar-refractivity contribution in [2.24, 2.45) is 5.73 Å². The summed E-state index contributed by atoms with van der Waals surface area (Å²) in [6, 6.07) is 10.2. The zero-order valence-electron chi connectivity index (χ0n) is 13.4. The summed E-state index contributed by atoms with van der Waals surface area (Å²) >= 11 is 0. The molecule has 25 heavy (non-hydrogen) atoms. The Bertz CT molecular complexity index is 946. The maximum Gasteiger partial charge on any atom is 0.269 e. The van der Waals surface area contributed by atoms with Gasteiger partial charge in [-0.2, -0.15) is 0 Å². The van der Waals surface area contributed by atoms with Crippen molar-refractivity contribution >= 4 is 17.6 Å². The van der Waals surface area contributed by atoms with Crippen LogP contribution < -0.4 is 16.9 Å². The van der Waals surface area contributed by atoms with E-state index in [4.69, 9.17) is 11.6 Å². The van der Waals surface area contributed by atoms with Crippen molar-refractivity contribution in [1.82, 2.24) is 14.6 Å². The van der Waals surface area contributed by atoms with Crippen LogP contribution in [-0.4, -0.2) is 26.5 Å². The van der Waals surface area contributed by atoms with E-state index < -0.39 is 5.91 Å². The molecule has 5 N–H and O–H groups in total. The Morgan fingerprint density at radius 3 is 2.48 bits per heavy atom. The third-order valence-electron chi connectivity index (χ3n) is 3.60. The van der Waals surface area contributed by atoms with Crippen LogP contribution >= 0.6 is 0 Å². The van der Waals surface area contributed by atoms with Gasteiger partial charge in [0.1, 0.15) is 17.8 Å². The number of hydrogen-bond donors (Lipinski definition) is 3. The van der Waals surface area contributed by atoms with E-state index in [9.17, 15) is 9.59 Å². The van der Waals surface area contributed by atoms with Crippen LogP contribution in [0.1, 0.15) is 26.4 Å². The Hall–Kier alpha value is -3.68. The smallest absolute Gasteiger partial charge is 0.269 e. The Morgan fingerprint density at radius 2 is 1.84 bits per heavy atom. The van der Waals surface area contributed by atoms with Gasteiger partial charge in [-0.25, -0.2) is 14.6 Å². The van der Waals surface area contributed by atoms with Crippen molar-refractivity contribution in [2.75, 3.05) is 11.2 Å². The standard InChI is InChI=1S/C17H16N6O2/c1-10-6-7-20-13(8-10)22-17(25)12-4-2-11(3-5-12)14-15(16(18)24)23(19)9-21-14/h2-9H,19H2,1H3,(H2,18,24)(H,20,22,25). The lowest BCUT2D eigenvalue weighted by Crippen LogP contribution is -2.21. The highest BCUT2D eigenvalue weighted by molar-refractivity contribution is 6.04.